The molecule has 2 aromatic carbocycles. The van der Waals surface area contributed by atoms with Gasteiger partial charge in [0, 0.05) is 5.56 Å². The molecule has 0 unspecified atom stereocenters. The molecule has 2 rings (SSSR count). The number of benzene rings is 2. The summed E-state index contributed by atoms with van der Waals surface area (Å²) in [5.41, 5.74) is 2.36. The second-order valence-electron chi connectivity index (χ2n) is 7.86. The second-order valence-corrected chi connectivity index (χ2v) is 12.5. The first-order chi connectivity index (χ1) is 15.2. The van der Waals surface area contributed by atoms with Crippen molar-refractivity contribution in [1.29, 1.82) is 0 Å². The van der Waals surface area contributed by atoms with Gasteiger partial charge in [-0.15, -0.1) is 0 Å². The van der Waals surface area contributed by atoms with Crippen LogP contribution in [0.15, 0.2) is 59.6 Å². The van der Waals surface area contributed by atoms with Crippen LogP contribution >= 0.6 is 0 Å². The highest BCUT2D eigenvalue weighted by atomic mass is 28.3. The van der Waals surface area contributed by atoms with E-state index in [1.165, 1.54) is 25.7 Å². The summed E-state index contributed by atoms with van der Waals surface area (Å²) in [5, 5.41) is 5.55. The van der Waals surface area contributed by atoms with Crippen molar-refractivity contribution in [3.8, 4) is 11.5 Å². The predicted molar refractivity (Wildman–Crippen MR) is 127 cm³/mol. The zero-order valence-corrected chi connectivity index (χ0v) is 20.7. The maximum atomic E-state index is 11.9. The van der Waals surface area contributed by atoms with Crippen molar-refractivity contribution in [3.05, 3.63) is 65.6 Å². The average Bonchev–Trinajstić information content (AvgIpc) is 2.79. The Hall–Kier alpha value is -3.26. The number of rotatable bonds is 10. The van der Waals surface area contributed by atoms with Gasteiger partial charge in [-0.25, -0.2) is 4.79 Å². The summed E-state index contributed by atoms with van der Waals surface area (Å²) in [6.45, 7) is 8.19. The molecule has 0 aliphatic rings. The summed E-state index contributed by atoms with van der Waals surface area (Å²) >= 11 is 0. The zero-order valence-electron chi connectivity index (χ0n) is 19.7. The average molecular weight is 458 g/mol. The lowest BCUT2D eigenvalue weighted by atomic mass is 10.1. The quantitative estimate of drug-likeness (QED) is 0.134. The lowest BCUT2D eigenvalue weighted by Gasteiger charge is -2.21. The topological polar surface area (TPSA) is 75.6 Å². The predicted octanol–water partition coefficient (Wildman–Crippen LogP) is 3.94. The highest BCUT2D eigenvalue weighted by Crippen LogP contribution is 2.23. The summed E-state index contributed by atoms with van der Waals surface area (Å²) in [6.07, 6.45) is 1.73. The third-order valence-electron chi connectivity index (χ3n) is 4.92. The standard InChI is InChI=1S/C24H31NO6Si/c1-17-11-12-19(13-22(17)31-23(15-27-3)24(26)29-5)18(2)25-30-16-32(6,7)21-10-8-9-20(14-21)28-4/h8-15H,16H2,1-7H3. The van der Waals surface area contributed by atoms with E-state index in [9.17, 15) is 4.79 Å². The Morgan fingerprint density at radius 1 is 1.09 bits per heavy atom. The fourth-order valence-corrected chi connectivity index (χ4v) is 4.48. The van der Waals surface area contributed by atoms with Gasteiger partial charge in [-0.2, -0.15) is 0 Å². The van der Waals surface area contributed by atoms with Crippen molar-refractivity contribution in [2.24, 2.45) is 5.16 Å². The number of oxime groups is 1. The number of esters is 1. The number of ether oxygens (including phenoxy) is 4. The van der Waals surface area contributed by atoms with Crippen molar-refractivity contribution in [1.82, 2.24) is 0 Å². The highest BCUT2D eigenvalue weighted by Gasteiger charge is 2.25. The minimum atomic E-state index is -1.87. The molecule has 0 aliphatic carbocycles. The van der Waals surface area contributed by atoms with Gasteiger partial charge in [0.1, 0.15) is 32.1 Å². The highest BCUT2D eigenvalue weighted by molar-refractivity contribution is 6.89. The second kappa shape index (κ2) is 11.4. The van der Waals surface area contributed by atoms with E-state index in [0.29, 0.717) is 17.7 Å². The lowest BCUT2D eigenvalue weighted by molar-refractivity contribution is -0.138. The van der Waals surface area contributed by atoms with E-state index in [1.54, 1.807) is 13.2 Å². The molecular formula is C24H31NO6Si. The van der Waals surface area contributed by atoms with Crippen LogP contribution in [0.25, 0.3) is 0 Å². The smallest absolute Gasteiger partial charge is 0.377 e. The Morgan fingerprint density at radius 3 is 2.50 bits per heavy atom. The van der Waals surface area contributed by atoms with Gasteiger partial charge in [0.05, 0.1) is 27.0 Å². The normalized spacial score (nSPS) is 12.2. The van der Waals surface area contributed by atoms with Crippen molar-refractivity contribution in [2.45, 2.75) is 26.9 Å². The third-order valence-corrected chi connectivity index (χ3v) is 7.64. The first kappa shape index (κ1) is 25.0. The molecule has 32 heavy (non-hydrogen) atoms. The largest absolute Gasteiger partial charge is 0.500 e. The first-order valence-electron chi connectivity index (χ1n) is 10.1. The SMILES string of the molecule is COC=C(Oc1cc(C(C)=NOC[Si](C)(C)c2cccc(OC)c2)ccc1C)C(=O)OC. The molecule has 7 nitrogen and oxygen atoms in total. The van der Waals surface area contributed by atoms with E-state index < -0.39 is 14.0 Å². The van der Waals surface area contributed by atoms with Gasteiger partial charge in [0.15, 0.2) is 0 Å². The Bertz CT molecular complexity index is 1000. The van der Waals surface area contributed by atoms with Crippen LogP contribution in [0.1, 0.15) is 18.1 Å². The van der Waals surface area contributed by atoms with E-state index >= 15 is 0 Å². The van der Waals surface area contributed by atoms with Crippen LogP contribution in [0, 0.1) is 6.92 Å². The molecule has 0 N–H and O–H groups in total. The summed E-state index contributed by atoms with van der Waals surface area (Å²) in [7, 11) is 2.51. The number of hydrogen-bond donors (Lipinski definition) is 0. The number of hydrogen-bond acceptors (Lipinski definition) is 7. The minimum Gasteiger partial charge on any atom is -0.500 e. The molecule has 0 aromatic heterocycles. The van der Waals surface area contributed by atoms with Crippen LogP contribution in [-0.2, 0) is 19.1 Å². The van der Waals surface area contributed by atoms with Crippen molar-refractivity contribution >= 4 is 24.9 Å². The summed E-state index contributed by atoms with van der Waals surface area (Å²) in [5.74, 6) is 0.655. The van der Waals surface area contributed by atoms with Gasteiger partial charge in [0.25, 0.3) is 0 Å². The Labute approximate surface area is 190 Å². The monoisotopic (exact) mass is 457 g/mol. The van der Waals surface area contributed by atoms with Crippen LogP contribution in [0.2, 0.25) is 13.1 Å². The van der Waals surface area contributed by atoms with E-state index in [2.05, 4.69) is 30.4 Å². The van der Waals surface area contributed by atoms with Crippen LogP contribution in [-0.4, -0.2) is 47.3 Å². The molecule has 0 radical (unpaired) electrons. The van der Waals surface area contributed by atoms with E-state index in [-0.39, 0.29) is 5.76 Å². The molecular weight excluding hydrogens is 426 g/mol. The molecule has 172 valence electrons. The first-order valence-corrected chi connectivity index (χ1v) is 13.3. The van der Waals surface area contributed by atoms with Crippen LogP contribution in [0.4, 0.5) is 0 Å². The molecule has 0 bridgehead atoms. The van der Waals surface area contributed by atoms with Crippen LogP contribution < -0.4 is 14.7 Å². The molecule has 0 aliphatic heterocycles. The van der Waals surface area contributed by atoms with E-state index in [1.807, 2.05) is 38.1 Å². The van der Waals surface area contributed by atoms with Gasteiger partial charge in [-0.1, -0.05) is 47.7 Å². The van der Waals surface area contributed by atoms with Crippen LogP contribution in [0.3, 0.4) is 0 Å². The summed E-state index contributed by atoms with van der Waals surface area (Å²) < 4.78 is 20.7. The van der Waals surface area contributed by atoms with Crippen LogP contribution in [0.5, 0.6) is 11.5 Å². The molecule has 0 saturated heterocycles. The lowest BCUT2D eigenvalue weighted by Crippen LogP contribution is -2.46. The molecule has 0 spiro atoms. The molecule has 0 saturated carbocycles. The number of nitrogens with zero attached hydrogens (tertiary/aromatic N) is 1. The summed E-state index contributed by atoms with van der Waals surface area (Å²) in [6, 6.07) is 13.7. The third kappa shape index (κ3) is 6.62. The number of methoxy groups -OCH3 is 3. The molecule has 0 heterocycles. The molecule has 0 atom stereocenters. The van der Waals surface area contributed by atoms with E-state index in [4.69, 9.17) is 23.8 Å². The van der Waals surface area contributed by atoms with Crippen molar-refractivity contribution in [2.75, 3.05) is 27.6 Å². The summed E-state index contributed by atoms with van der Waals surface area (Å²) in [4.78, 5) is 17.6. The van der Waals surface area contributed by atoms with Crippen molar-refractivity contribution < 1.29 is 28.6 Å². The Balaban J connectivity index is 2.15. The van der Waals surface area contributed by atoms with Gasteiger partial charge >= 0.3 is 5.97 Å². The van der Waals surface area contributed by atoms with Gasteiger partial charge in [0.2, 0.25) is 5.76 Å². The molecule has 0 amide bonds. The number of carbonyl (C=O) groups is 1. The molecule has 0 fully saturated rings. The van der Waals surface area contributed by atoms with E-state index in [0.717, 1.165) is 16.9 Å². The Morgan fingerprint density at radius 2 is 1.84 bits per heavy atom. The molecule has 2 aromatic rings. The number of aryl methyl sites for hydroxylation is 1. The fourth-order valence-electron chi connectivity index (χ4n) is 2.85. The van der Waals surface area contributed by atoms with Gasteiger partial charge in [-0.3, -0.25) is 0 Å². The minimum absolute atomic E-state index is 0.0490. The number of carbonyl (C=O) groups excluding carboxylic acids is 1. The van der Waals surface area contributed by atoms with Crippen molar-refractivity contribution in [3.63, 3.8) is 0 Å². The fraction of sp³-hybridized carbons (Fsp3) is 0.333. The van der Waals surface area contributed by atoms with Gasteiger partial charge < -0.3 is 23.8 Å². The maximum absolute atomic E-state index is 11.9. The van der Waals surface area contributed by atoms with Gasteiger partial charge in [-0.05, 0) is 37.6 Å². The molecule has 8 heteroatoms. The Kier molecular flexibility index (Phi) is 8.89. The maximum Gasteiger partial charge on any atom is 0.377 e. The zero-order chi connectivity index (χ0) is 23.7.